The number of nitrogen functional groups attached to an aromatic ring is 1. The van der Waals surface area contributed by atoms with Crippen LogP contribution in [0.5, 0.6) is 0 Å². The van der Waals surface area contributed by atoms with Crippen LogP contribution in [0.4, 0.5) is 19.0 Å². The smallest absolute Gasteiger partial charge is 0.384 e. The van der Waals surface area contributed by atoms with Crippen molar-refractivity contribution in [2.24, 2.45) is 13.0 Å². The fraction of sp³-hybridized carbons (Fsp3) is 0.350. The van der Waals surface area contributed by atoms with Crippen LogP contribution in [0.15, 0.2) is 38.9 Å². The molecule has 0 aliphatic rings. The molecule has 0 aliphatic carbocycles. The Hall–Kier alpha value is -3.15. The molecule has 0 amide bonds. The summed E-state index contributed by atoms with van der Waals surface area (Å²) in [5, 5.41) is 0.283. The summed E-state index contributed by atoms with van der Waals surface area (Å²) in [6.07, 6.45) is -4.77. The number of halogens is 3. The molecule has 0 radical (unpaired) electrons. The second-order valence-electron chi connectivity index (χ2n) is 7.49. The Morgan fingerprint density at radius 2 is 1.84 bits per heavy atom. The van der Waals surface area contributed by atoms with E-state index in [0.717, 1.165) is 20.9 Å². The van der Waals surface area contributed by atoms with Gasteiger partial charge in [-0.15, -0.1) is 0 Å². The largest absolute Gasteiger partial charge is 0.451 e. The van der Waals surface area contributed by atoms with Crippen molar-refractivity contribution in [3.05, 3.63) is 56.5 Å². The molecule has 0 bridgehead atoms. The number of benzene rings is 1. The minimum absolute atomic E-state index is 0.0120. The fourth-order valence-corrected chi connectivity index (χ4v) is 3.97. The summed E-state index contributed by atoms with van der Waals surface area (Å²) >= 11 is 0.739. The van der Waals surface area contributed by atoms with Crippen LogP contribution in [-0.4, -0.2) is 30.6 Å². The molecule has 0 unspecified atom stereocenters. The average molecular weight is 467 g/mol. The van der Waals surface area contributed by atoms with Gasteiger partial charge < -0.3 is 5.73 Å². The zero-order valence-electron chi connectivity index (χ0n) is 17.4. The maximum Gasteiger partial charge on any atom is 0.451 e. The highest BCUT2D eigenvalue weighted by molar-refractivity contribution is 8.00. The van der Waals surface area contributed by atoms with E-state index in [1.807, 2.05) is 13.8 Å². The molecule has 32 heavy (non-hydrogen) atoms. The average Bonchev–Trinajstić information content (AvgIpc) is 2.72. The highest BCUT2D eigenvalue weighted by Gasteiger charge is 2.35. The Bertz CT molecular complexity index is 1310. The number of hydrogen-bond donors (Lipinski definition) is 1. The highest BCUT2D eigenvalue weighted by Crippen LogP contribution is 2.32. The quantitative estimate of drug-likeness (QED) is 0.337. The van der Waals surface area contributed by atoms with E-state index >= 15 is 0 Å². The predicted molar refractivity (Wildman–Crippen MR) is 115 cm³/mol. The lowest BCUT2D eigenvalue weighted by atomic mass is 10.2. The number of alkyl halides is 3. The van der Waals surface area contributed by atoms with Gasteiger partial charge in [0.2, 0.25) is 5.82 Å². The van der Waals surface area contributed by atoms with Gasteiger partial charge in [-0.05, 0) is 12.0 Å². The molecule has 2 heterocycles. The summed E-state index contributed by atoms with van der Waals surface area (Å²) in [5.74, 6) is -2.70. The highest BCUT2D eigenvalue weighted by atomic mass is 32.2. The third-order valence-electron chi connectivity index (χ3n) is 4.57. The minimum atomic E-state index is -4.77. The number of nitrogens with zero attached hydrogens (tertiary/aromatic N) is 4. The number of thioether (sulfide) groups is 1. The number of anilines is 1. The molecular formula is C20H20F3N5O3S. The molecule has 12 heteroatoms. The van der Waals surface area contributed by atoms with Crippen molar-refractivity contribution in [1.29, 1.82) is 0 Å². The van der Waals surface area contributed by atoms with Gasteiger partial charge >= 0.3 is 11.9 Å². The molecule has 0 spiro atoms. The van der Waals surface area contributed by atoms with Crippen molar-refractivity contribution in [3.8, 4) is 0 Å². The third-order valence-corrected chi connectivity index (χ3v) is 5.56. The Morgan fingerprint density at radius 3 is 2.47 bits per heavy atom. The van der Waals surface area contributed by atoms with Gasteiger partial charge in [0.05, 0.1) is 11.3 Å². The van der Waals surface area contributed by atoms with Crippen molar-refractivity contribution in [2.75, 3.05) is 11.5 Å². The van der Waals surface area contributed by atoms with Crippen molar-refractivity contribution in [3.63, 3.8) is 0 Å². The number of rotatable bonds is 6. The van der Waals surface area contributed by atoms with Crippen LogP contribution in [0.3, 0.4) is 0 Å². The van der Waals surface area contributed by atoms with Gasteiger partial charge in [-0.25, -0.2) is 14.8 Å². The molecule has 0 atom stereocenters. The van der Waals surface area contributed by atoms with Crippen LogP contribution in [0.25, 0.3) is 10.9 Å². The van der Waals surface area contributed by atoms with Crippen molar-refractivity contribution < 1.29 is 18.0 Å². The molecule has 3 rings (SSSR count). The first kappa shape index (κ1) is 23.5. The summed E-state index contributed by atoms with van der Waals surface area (Å²) in [4.78, 5) is 44.9. The molecule has 170 valence electrons. The Kier molecular flexibility index (Phi) is 6.44. The summed E-state index contributed by atoms with van der Waals surface area (Å²) in [6, 6.07) is 6.10. The van der Waals surface area contributed by atoms with Gasteiger partial charge in [0, 0.05) is 19.0 Å². The van der Waals surface area contributed by atoms with Crippen molar-refractivity contribution >= 4 is 34.3 Å². The maximum atomic E-state index is 13.2. The molecule has 0 fully saturated rings. The Morgan fingerprint density at radius 1 is 1.19 bits per heavy atom. The Balaban J connectivity index is 2.01. The van der Waals surface area contributed by atoms with E-state index in [2.05, 4.69) is 9.97 Å². The van der Waals surface area contributed by atoms with Crippen LogP contribution >= 0.6 is 11.8 Å². The van der Waals surface area contributed by atoms with E-state index in [-0.39, 0.29) is 34.4 Å². The second-order valence-corrected chi connectivity index (χ2v) is 8.45. The van der Waals surface area contributed by atoms with Gasteiger partial charge in [-0.3, -0.25) is 18.7 Å². The summed E-state index contributed by atoms with van der Waals surface area (Å²) in [7, 11) is 1.23. The van der Waals surface area contributed by atoms with E-state index in [9.17, 15) is 27.6 Å². The van der Waals surface area contributed by atoms with Gasteiger partial charge in [-0.2, -0.15) is 13.2 Å². The van der Waals surface area contributed by atoms with Crippen molar-refractivity contribution in [2.45, 2.75) is 31.6 Å². The molecule has 8 nitrogen and oxygen atoms in total. The lowest BCUT2D eigenvalue weighted by Gasteiger charge is -2.16. The van der Waals surface area contributed by atoms with Crippen LogP contribution < -0.4 is 17.0 Å². The van der Waals surface area contributed by atoms with Crippen LogP contribution in [0.2, 0.25) is 0 Å². The number of nitrogens with two attached hydrogens (primary N) is 1. The van der Waals surface area contributed by atoms with Crippen molar-refractivity contribution in [1.82, 2.24) is 19.1 Å². The maximum absolute atomic E-state index is 13.2. The third kappa shape index (κ3) is 4.54. The first-order valence-electron chi connectivity index (χ1n) is 9.51. The van der Waals surface area contributed by atoms with E-state index in [1.165, 1.54) is 19.2 Å². The van der Waals surface area contributed by atoms with Crippen LogP contribution in [0.1, 0.15) is 30.0 Å². The van der Waals surface area contributed by atoms with E-state index in [1.54, 1.807) is 12.1 Å². The molecule has 2 aromatic heterocycles. The van der Waals surface area contributed by atoms with Gasteiger partial charge in [0.25, 0.3) is 5.56 Å². The number of carbonyl (C=O) groups is 1. The number of carbonyl (C=O) groups excluding carboxylic acids is 1. The lowest BCUT2D eigenvalue weighted by Crippen LogP contribution is -2.43. The molecular weight excluding hydrogens is 447 g/mol. The normalized spacial score (nSPS) is 12.0. The van der Waals surface area contributed by atoms with Crippen LogP contribution in [0, 0.1) is 5.92 Å². The predicted octanol–water partition coefficient (Wildman–Crippen LogP) is 2.72. The molecule has 1 aromatic carbocycles. The molecule has 2 N–H and O–H groups in total. The molecule has 0 saturated heterocycles. The topological polar surface area (TPSA) is 113 Å². The molecule has 3 aromatic rings. The zero-order valence-corrected chi connectivity index (χ0v) is 18.3. The van der Waals surface area contributed by atoms with Crippen LogP contribution in [-0.2, 0) is 19.8 Å². The molecule has 0 saturated carbocycles. The number of hydrogen-bond acceptors (Lipinski definition) is 7. The fourth-order valence-electron chi connectivity index (χ4n) is 3.08. The van der Waals surface area contributed by atoms with Gasteiger partial charge in [0.15, 0.2) is 5.78 Å². The second kappa shape index (κ2) is 8.77. The first-order chi connectivity index (χ1) is 14.9. The summed E-state index contributed by atoms with van der Waals surface area (Å²) in [6.45, 7) is 3.87. The monoisotopic (exact) mass is 467 g/mol. The molecule has 0 aliphatic heterocycles. The standard InChI is InChI=1S/C20H20F3N5O3S/c1-10(2)8-28-15(24)14(17(30)27(3)19(28)31)13(29)9-32-16-11-6-4-5-7-12(11)25-18(26-16)20(21,22)23/h4-7,10H,8-9,24H2,1-3H3. The first-order valence-corrected chi connectivity index (χ1v) is 10.5. The SMILES string of the molecule is CC(C)Cn1c(N)c(C(=O)CSc2nc(C(F)(F)F)nc3ccccc23)c(=O)n(C)c1=O. The lowest BCUT2D eigenvalue weighted by molar-refractivity contribution is -0.145. The van der Waals surface area contributed by atoms with E-state index < -0.39 is 34.8 Å². The zero-order chi connectivity index (χ0) is 23.8. The van der Waals surface area contributed by atoms with Gasteiger partial charge in [-0.1, -0.05) is 43.8 Å². The summed E-state index contributed by atoms with van der Waals surface area (Å²) < 4.78 is 41.5. The number of fused-ring (bicyclic) bond motifs is 1. The van der Waals surface area contributed by atoms with E-state index in [0.29, 0.717) is 5.39 Å². The van der Waals surface area contributed by atoms with E-state index in [4.69, 9.17) is 5.73 Å². The Labute approximate surface area is 184 Å². The number of ketones is 1. The number of para-hydroxylation sites is 1. The minimum Gasteiger partial charge on any atom is -0.384 e. The summed E-state index contributed by atoms with van der Waals surface area (Å²) in [5.41, 5.74) is 4.17. The number of aromatic nitrogens is 4. The number of Topliss-reactive ketones (excluding diaryl/α,β-unsaturated/α-hetero) is 1. The van der Waals surface area contributed by atoms with Gasteiger partial charge in [0.1, 0.15) is 16.4 Å².